The Balaban J connectivity index is 2.27. The molecule has 0 aromatic heterocycles. The van der Waals surface area contributed by atoms with Gasteiger partial charge >= 0.3 is 5.97 Å². The van der Waals surface area contributed by atoms with Gasteiger partial charge in [-0.05, 0) is 45.0 Å². The van der Waals surface area contributed by atoms with Gasteiger partial charge in [0.1, 0.15) is 0 Å². The van der Waals surface area contributed by atoms with Crippen molar-refractivity contribution < 1.29 is 14.3 Å². The standard InChI is InChI=1S/C14H18BrNO3S/c1-14(2,3)16-12(17)8-19-13(18)9-20-11-6-4-10(15)5-7-11/h4-7H,8-9H2,1-3H3,(H,16,17). The fourth-order valence-electron chi connectivity index (χ4n) is 1.32. The number of hydrogen-bond acceptors (Lipinski definition) is 4. The number of carbonyl (C=O) groups is 2. The molecule has 0 unspecified atom stereocenters. The number of benzene rings is 1. The molecule has 1 N–H and O–H groups in total. The molecule has 0 radical (unpaired) electrons. The third-order valence-corrected chi connectivity index (χ3v) is 3.56. The highest BCUT2D eigenvalue weighted by molar-refractivity contribution is 9.10. The van der Waals surface area contributed by atoms with Crippen LogP contribution in [0.15, 0.2) is 33.6 Å². The van der Waals surface area contributed by atoms with Gasteiger partial charge in [0.25, 0.3) is 5.91 Å². The molecule has 0 aliphatic rings. The van der Waals surface area contributed by atoms with Gasteiger partial charge in [-0.1, -0.05) is 15.9 Å². The zero-order valence-electron chi connectivity index (χ0n) is 11.7. The van der Waals surface area contributed by atoms with Crippen molar-refractivity contribution in [1.29, 1.82) is 0 Å². The number of nitrogens with one attached hydrogen (secondary N) is 1. The van der Waals surface area contributed by atoms with Gasteiger partial charge in [0.2, 0.25) is 0 Å². The first-order chi connectivity index (χ1) is 9.26. The lowest BCUT2D eigenvalue weighted by molar-refractivity contribution is -0.146. The molecule has 20 heavy (non-hydrogen) atoms. The smallest absolute Gasteiger partial charge is 0.316 e. The Morgan fingerprint density at radius 2 is 1.85 bits per heavy atom. The van der Waals surface area contributed by atoms with Gasteiger partial charge in [-0.25, -0.2) is 0 Å². The van der Waals surface area contributed by atoms with E-state index in [4.69, 9.17) is 4.74 Å². The van der Waals surface area contributed by atoms with Crippen LogP contribution in [-0.2, 0) is 14.3 Å². The normalized spacial score (nSPS) is 11.0. The molecule has 1 aromatic rings. The molecule has 1 aromatic carbocycles. The molecule has 4 nitrogen and oxygen atoms in total. The molecule has 0 saturated heterocycles. The number of carbonyl (C=O) groups excluding carboxylic acids is 2. The third kappa shape index (κ3) is 7.55. The molecule has 1 amide bonds. The first-order valence-corrected chi connectivity index (χ1v) is 7.89. The molecule has 6 heteroatoms. The zero-order chi connectivity index (χ0) is 15.2. The predicted octanol–water partition coefficient (Wildman–Crippen LogP) is 3.00. The maximum absolute atomic E-state index is 11.5. The molecular weight excluding hydrogens is 342 g/mol. The Kier molecular flexibility index (Phi) is 6.55. The van der Waals surface area contributed by atoms with Crippen LogP contribution in [0, 0.1) is 0 Å². The number of esters is 1. The van der Waals surface area contributed by atoms with Crippen LogP contribution in [0.1, 0.15) is 20.8 Å². The molecular formula is C14H18BrNO3S. The van der Waals surface area contributed by atoms with E-state index in [2.05, 4.69) is 21.2 Å². The van der Waals surface area contributed by atoms with Gasteiger partial charge < -0.3 is 10.1 Å². The van der Waals surface area contributed by atoms with E-state index < -0.39 is 5.97 Å². The lowest BCUT2D eigenvalue weighted by Gasteiger charge is -2.20. The molecule has 0 fully saturated rings. The summed E-state index contributed by atoms with van der Waals surface area (Å²) in [5, 5.41) is 2.73. The van der Waals surface area contributed by atoms with E-state index in [0.717, 1.165) is 9.37 Å². The highest BCUT2D eigenvalue weighted by Gasteiger charge is 2.15. The number of amides is 1. The van der Waals surface area contributed by atoms with Crippen molar-refractivity contribution in [3.63, 3.8) is 0 Å². The van der Waals surface area contributed by atoms with Crippen LogP contribution >= 0.6 is 27.7 Å². The summed E-state index contributed by atoms with van der Waals surface area (Å²) in [5.41, 5.74) is -0.324. The number of thioether (sulfide) groups is 1. The topological polar surface area (TPSA) is 55.4 Å². The molecule has 0 bridgehead atoms. The second kappa shape index (κ2) is 7.69. The number of halogens is 1. The van der Waals surface area contributed by atoms with E-state index in [0.29, 0.717) is 0 Å². The average molecular weight is 360 g/mol. The maximum atomic E-state index is 11.5. The summed E-state index contributed by atoms with van der Waals surface area (Å²) in [4.78, 5) is 24.0. The summed E-state index contributed by atoms with van der Waals surface area (Å²) in [6.45, 7) is 5.37. The molecule has 110 valence electrons. The molecule has 0 atom stereocenters. The van der Waals surface area contributed by atoms with Crippen molar-refractivity contribution in [2.45, 2.75) is 31.2 Å². The minimum Gasteiger partial charge on any atom is -0.455 e. The summed E-state index contributed by atoms with van der Waals surface area (Å²) in [5.74, 6) is -0.508. The molecule has 0 spiro atoms. The Hall–Kier alpha value is -1.01. The molecule has 0 heterocycles. The third-order valence-electron chi connectivity index (χ3n) is 2.05. The van der Waals surface area contributed by atoms with E-state index in [1.807, 2.05) is 45.0 Å². The fourth-order valence-corrected chi connectivity index (χ4v) is 2.28. The van der Waals surface area contributed by atoms with Crippen molar-refractivity contribution in [2.24, 2.45) is 0 Å². The van der Waals surface area contributed by atoms with Crippen molar-refractivity contribution in [3.8, 4) is 0 Å². The van der Waals surface area contributed by atoms with E-state index >= 15 is 0 Å². The van der Waals surface area contributed by atoms with Gasteiger partial charge in [-0.15, -0.1) is 11.8 Å². The second-order valence-corrected chi connectivity index (χ2v) is 7.17. The maximum Gasteiger partial charge on any atom is 0.316 e. The largest absolute Gasteiger partial charge is 0.455 e. The Morgan fingerprint density at radius 1 is 1.25 bits per heavy atom. The van der Waals surface area contributed by atoms with Crippen LogP contribution < -0.4 is 5.32 Å². The van der Waals surface area contributed by atoms with Gasteiger partial charge in [0, 0.05) is 14.9 Å². The molecule has 0 saturated carbocycles. The van der Waals surface area contributed by atoms with Crippen LogP contribution in [0.2, 0.25) is 0 Å². The van der Waals surface area contributed by atoms with Crippen molar-refractivity contribution >= 4 is 39.6 Å². The summed E-state index contributed by atoms with van der Waals surface area (Å²) in [7, 11) is 0. The minimum absolute atomic E-state index is 0.185. The van der Waals surface area contributed by atoms with Crippen LogP contribution in [0.25, 0.3) is 0 Å². The molecule has 0 aliphatic carbocycles. The van der Waals surface area contributed by atoms with Crippen molar-refractivity contribution in [1.82, 2.24) is 5.32 Å². The first kappa shape index (κ1) is 17.0. The SMILES string of the molecule is CC(C)(C)NC(=O)COC(=O)CSc1ccc(Br)cc1. The highest BCUT2D eigenvalue weighted by Crippen LogP contribution is 2.20. The fraction of sp³-hybridized carbons (Fsp3) is 0.429. The highest BCUT2D eigenvalue weighted by atomic mass is 79.9. The van der Waals surface area contributed by atoms with Crippen LogP contribution in [0.4, 0.5) is 0 Å². The summed E-state index contributed by atoms with van der Waals surface area (Å²) < 4.78 is 5.90. The van der Waals surface area contributed by atoms with Gasteiger partial charge in [-0.2, -0.15) is 0 Å². The van der Waals surface area contributed by atoms with Crippen LogP contribution in [-0.4, -0.2) is 29.8 Å². The van der Waals surface area contributed by atoms with Crippen LogP contribution in [0.3, 0.4) is 0 Å². The predicted molar refractivity (Wildman–Crippen MR) is 83.7 cm³/mol. The lowest BCUT2D eigenvalue weighted by atomic mass is 10.1. The van der Waals surface area contributed by atoms with E-state index in [9.17, 15) is 9.59 Å². The quantitative estimate of drug-likeness (QED) is 0.648. The van der Waals surface area contributed by atoms with Crippen LogP contribution in [0.5, 0.6) is 0 Å². The molecule has 1 rings (SSSR count). The Morgan fingerprint density at radius 3 is 2.40 bits per heavy atom. The summed E-state index contributed by atoms with van der Waals surface area (Å²) >= 11 is 4.72. The Bertz CT molecular complexity index is 468. The number of ether oxygens (including phenoxy) is 1. The van der Waals surface area contributed by atoms with Gasteiger partial charge in [-0.3, -0.25) is 9.59 Å². The monoisotopic (exact) mass is 359 g/mol. The number of hydrogen-bond donors (Lipinski definition) is 1. The number of rotatable bonds is 5. The van der Waals surface area contributed by atoms with E-state index in [1.165, 1.54) is 11.8 Å². The zero-order valence-corrected chi connectivity index (χ0v) is 14.1. The minimum atomic E-state index is -0.401. The average Bonchev–Trinajstić information content (AvgIpc) is 2.33. The second-order valence-electron chi connectivity index (χ2n) is 5.20. The van der Waals surface area contributed by atoms with E-state index in [1.54, 1.807) is 0 Å². The summed E-state index contributed by atoms with van der Waals surface area (Å²) in [6.07, 6.45) is 0. The first-order valence-electron chi connectivity index (χ1n) is 6.11. The Labute approximate surface area is 131 Å². The summed E-state index contributed by atoms with van der Waals surface area (Å²) in [6, 6.07) is 7.64. The van der Waals surface area contributed by atoms with Gasteiger partial charge in [0.15, 0.2) is 6.61 Å². The van der Waals surface area contributed by atoms with Gasteiger partial charge in [0.05, 0.1) is 5.75 Å². The van der Waals surface area contributed by atoms with Crippen molar-refractivity contribution in [2.75, 3.05) is 12.4 Å². The molecule has 0 aliphatic heterocycles. The van der Waals surface area contributed by atoms with Crippen molar-refractivity contribution in [3.05, 3.63) is 28.7 Å². The van der Waals surface area contributed by atoms with E-state index in [-0.39, 0.29) is 23.8 Å². The lowest BCUT2D eigenvalue weighted by Crippen LogP contribution is -2.42.